The largest absolute Gasteiger partial charge is 0.493 e. The van der Waals surface area contributed by atoms with E-state index in [1.165, 1.54) is 25.1 Å². The monoisotopic (exact) mass is 409 g/mol. The van der Waals surface area contributed by atoms with Gasteiger partial charge in [0.25, 0.3) is 5.56 Å². The molecule has 1 saturated heterocycles. The van der Waals surface area contributed by atoms with E-state index in [1.54, 1.807) is 17.0 Å². The molecule has 1 aromatic heterocycles. The van der Waals surface area contributed by atoms with Crippen LogP contribution in [0, 0.1) is 0 Å². The standard InChI is InChI=1S/C22H23N3O5/c1-28-18-10-16-17(11-19(18)29-2)23-14-25(22(16)27)13-21(26)24-8-9-30-20(12-24)15-6-4-3-5-7-15/h3-7,10-11,14,20H,8-9,12-13H2,1-2H3/t20-/m0/s1. The number of hydrogen-bond acceptors (Lipinski definition) is 6. The van der Waals surface area contributed by atoms with Crippen molar-refractivity contribution < 1.29 is 19.0 Å². The molecule has 1 atom stereocenters. The second kappa shape index (κ2) is 8.54. The van der Waals surface area contributed by atoms with Crippen LogP contribution < -0.4 is 15.0 Å². The van der Waals surface area contributed by atoms with Crippen LogP contribution >= 0.6 is 0 Å². The lowest BCUT2D eigenvalue weighted by Gasteiger charge is -2.33. The molecule has 1 amide bonds. The van der Waals surface area contributed by atoms with E-state index in [4.69, 9.17) is 14.2 Å². The Morgan fingerprint density at radius 1 is 1.17 bits per heavy atom. The summed E-state index contributed by atoms with van der Waals surface area (Å²) in [4.78, 5) is 31.9. The van der Waals surface area contributed by atoms with Crippen LogP contribution in [0.25, 0.3) is 10.9 Å². The van der Waals surface area contributed by atoms with E-state index < -0.39 is 0 Å². The summed E-state index contributed by atoms with van der Waals surface area (Å²) in [6.07, 6.45) is 1.22. The molecule has 1 aliphatic rings. The number of hydrogen-bond donors (Lipinski definition) is 0. The Balaban J connectivity index is 1.55. The number of morpholine rings is 1. The summed E-state index contributed by atoms with van der Waals surface area (Å²) in [6, 6.07) is 13.0. The third kappa shape index (κ3) is 3.86. The molecule has 8 nitrogen and oxygen atoms in total. The highest BCUT2D eigenvalue weighted by Crippen LogP contribution is 2.29. The van der Waals surface area contributed by atoms with Gasteiger partial charge < -0.3 is 19.1 Å². The summed E-state index contributed by atoms with van der Waals surface area (Å²) >= 11 is 0. The number of aromatic nitrogens is 2. The zero-order chi connectivity index (χ0) is 21.1. The maximum absolute atomic E-state index is 12.9. The number of carbonyl (C=O) groups excluding carboxylic acids is 1. The molecule has 0 saturated carbocycles. The Labute approximate surface area is 173 Å². The normalized spacial score (nSPS) is 16.5. The van der Waals surface area contributed by atoms with Crippen LogP contribution in [0.2, 0.25) is 0 Å². The minimum Gasteiger partial charge on any atom is -0.493 e. The number of carbonyl (C=O) groups is 1. The Morgan fingerprint density at radius 3 is 2.63 bits per heavy atom. The lowest BCUT2D eigenvalue weighted by Crippen LogP contribution is -2.44. The van der Waals surface area contributed by atoms with Gasteiger partial charge >= 0.3 is 0 Å². The van der Waals surface area contributed by atoms with Crippen molar-refractivity contribution in [2.75, 3.05) is 33.9 Å². The molecule has 0 radical (unpaired) electrons. The van der Waals surface area contributed by atoms with E-state index >= 15 is 0 Å². The van der Waals surface area contributed by atoms with E-state index in [2.05, 4.69) is 4.98 Å². The van der Waals surface area contributed by atoms with Gasteiger partial charge in [-0.1, -0.05) is 30.3 Å². The highest BCUT2D eigenvalue weighted by molar-refractivity contribution is 5.82. The van der Waals surface area contributed by atoms with Gasteiger partial charge in [0.2, 0.25) is 5.91 Å². The Bertz CT molecular complexity index is 1110. The SMILES string of the molecule is COc1cc2ncn(CC(=O)N3CCO[C@H](c4ccccc4)C3)c(=O)c2cc1OC. The van der Waals surface area contributed by atoms with Crippen LogP contribution in [0.1, 0.15) is 11.7 Å². The number of rotatable bonds is 5. The zero-order valence-corrected chi connectivity index (χ0v) is 16.9. The molecule has 0 aliphatic carbocycles. The molecule has 30 heavy (non-hydrogen) atoms. The second-order valence-corrected chi connectivity index (χ2v) is 7.01. The maximum atomic E-state index is 12.9. The fraction of sp³-hybridized carbons (Fsp3) is 0.318. The van der Waals surface area contributed by atoms with Crippen LogP contribution in [-0.4, -0.2) is 54.3 Å². The van der Waals surface area contributed by atoms with Gasteiger partial charge in [0, 0.05) is 12.6 Å². The molecule has 2 aromatic carbocycles. The Hall–Kier alpha value is -3.39. The molecule has 0 bridgehead atoms. The molecule has 1 aliphatic heterocycles. The number of amides is 1. The molecule has 0 spiro atoms. The number of methoxy groups -OCH3 is 2. The third-order valence-corrected chi connectivity index (χ3v) is 5.23. The Kier molecular flexibility index (Phi) is 5.67. The lowest BCUT2D eigenvalue weighted by molar-refractivity contribution is -0.139. The zero-order valence-electron chi connectivity index (χ0n) is 16.9. The van der Waals surface area contributed by atoms with Crippen molar-refractivity contribution in [3.05, 3.63) is 64.7 Å². The Morgan fingerprint density at radius 2 is 1.90 bits per heavy atom. The fourth-order valence-electron chi connectivity index (χ4n) is 3.59. The summed E-state index contributed by atoms with van der Waals surface area (Å²) in [7, 11) is 3.03. The van der Waals surface area contributed by atoms with Gasteiger partial charge in [-0.2, -0.15) is 0 Å². The van der Waals surface area contributed by atoms with Crippen LogP contribution in [0.5, 0.6) is 11.5 Å². The van der Waals surface area contributed by atoms with Gasteiger partial charge in [-0.3, -0.25) is 14.2 Å². The fourth-order valence-corrected chi connectivity index (χ4v) is 3.59. The van der Waals surface area contributed by atoms with Crippen molar-refractivity contribution in [1.29, 1.82) is 0 Å². The topological polar surface area (TPSA) is 82.9 Å². The van der Waals surface area contributed by atoms with Gasteiger partial charge in [-0.05, 0) is 11.6 Å². The van der Waals surface area contributed by atoms with Crippen molar-refractivity contribution in [3.8, 4) is 11.5 Å². The smallest absolute Gasteiger partial charge is 0.261 e. The molecule has 2 heterocycles. The van der Waals surface area contributed by atoms with Crippen LogP contribution in [-0.2, 0) is 16.1 Å². The molecular weight excluding hydrogens is 386 g/mol. The lowest BCUT2D eigenvalue weighted by atomic mass is 10.1. The minimum atomic E-state index is -0.304. The number of ether oxygens (including phenoxy) is 3. The van der Waals surface area contributed by atoms with Crippen molar-refractivity contribution >= 4 is 16.8 Å². The first kappa shape index (κ1) is 19.9. The van der Waals surface area contributed by atoms with Crippen molar-refractivity contribution in [2.24, 2.45) is 0 Å². The van der Waals surface area contributed by atoms with E-state index in [-0.39, 0.29) is 24.1 Å². The highest BCUT2D eigenvalue weighted by atomic mass is 16.5. The van der Waals surface area contributed by atoms with Crippen LogP contribution in [0.15, 0.2) is 53.6 Å². The first-order valence-corrected chi connectivity index (χ1v) is 9.66. The molecule has 4 rings (SSSR count). The molecule has 0 unspecified atom stereocenters. The van der Waals surface area contributed by atoms with Crippen LogP contribution in [0.4, 0.5) is 0 Å². The third-order valence-electron chi connectivity index (χ3n) is 5.23. The first-order valence-electron chi connectivity index (χ1n) is 9.66. The van der Waals surface area contributed by atoms with Gasteiger partial charge in [0.15, 0.2) is 11.5 Å². The predicted octanol–water partition coefficient (Wildman–Crippen LogP) is 2.01. The first-order chi connectivity index (χ1) is 14.6. The van der Waals surface area contributed by atoms with E-state index in [9.17, 15) is 9.59 Å². The quantitative estimate of drug-likeness (QED) is 0.641. The van der Waals surface area contributed by atoms with E-state index in [0.29, 0.717) is 42.1 Å². The summed E-state index contributed by atoms with van der Waals surface area (Å²) in [5, 5.41) is 0.368. The van der Waals surface area contributed by atoms with Gasteiger partial charge in [0.05, 0.1) is 44.6 Å². The molecule has 0 N–H and O–H groups in total. The second-order valence-electron chi connectivity index (χ2n) is 7.01. The van der Waals surface area contributed by atoms with Gasteiger partial charge in [-0.15, -0.1) is 0 Å². The molecule has 1 fully saturated rings. The summed E-state index contributed by atoms with van der Waals surface area (Å²) in [6.45, 7) is 1.30. The summed E-state index contributed by atoms with van der Waals surface area (Å²) in [5.74, 6) is 0.779. The van der Waals surface area contributed by atoms with E-state index in [1.807, 2.05) is 30.3 Å². The van der Waals surface area contributed by atoms with Gasteiger partial charge in [-0.25, -0.2) is 4.98 Å². The summed E-state index contributed by atoms with van der Waals surface area (Å²) < 4.78 is 17.7. The van der Waals surface area contributed by atoms with Gasteiger partial charge in [0.1, 0.15) is 12.6 Å². The average Bonchev–Trinajstić information content (AvgIpc) is 2.80. The molecule has 3 aromatic rings. The minimum absolute atomic E-state index is 0.0857. The van der Waals surface area contributed by atoms with Crippen LogP contribution in [0.3, 0.4) is 0 Å². The molecule has 156 valence electrons. The molecule has 8 heteroatoms. The number of nitrogens with zero attached hydrogens (tertiary/aromatic N) is 3. The highest BCUT2D eigenvalue weighted by Gasteiger charge is 2.25. The molecular formula is C22H23N3O5. The average molecular weight is 409 g/mol. The summed E-state index contributed by atoms with van der Waals surface area (Å²) in [5.41, 5.74) is 1.21. The van der Waals surface area contributed by atoms with Crippen molar-refractivity contribution in [3.63, 3.8) is 0 Å². The van der Waals surface area contributed by atoms with Crippen molar-refractivity contribution in [2.45, 2.75) is 12.6 Å². The van der Waals surface area contributed by atoms with Crippen molar-refractivity contribution in [1.82, 2.24) is 14.5 Å². The van der Waals surface area contributed by atoms with E-state index in [0.717, 1.165) is 5.56 Å². The number of benzene rings is 2. The maximum Gasteiger partial charge on any atom is 0.261 e. The predicted molar refractivity (Wildman–Crippen MR) is 111 cm³/mol. The number of fused-ring (bicyclic) bond motifs is 1.